The van der Waals surface area contributed by atoms with Gasteiger partial charge >= 0.3 is 0 Å². The Morgan fingerprint density at radius 3 is 2.35 bits per heavy atom. The summed E-state index contributed by atoms with van der Waals surface area (Å²) in [7, 11) is 1.60. The Kier molecular flexibility index (Phi) is 3.36. The molecule has 0 radical (unpaired) electrons. The van der Waals surface area contributed by atoms with Crippen molar-refractivity contribution >= 4 is 22.4 Å². The maximum absolute atomic E-state index is 12.6. The number of fused-ring (bicyclic) bond motifs is 1. The molecule has 0 bridgehead atoms. The Labute approximate surface area is 135 Å². The van der Waals surface area contributed by atoms with Crippen LogP contribution in [0, 0.1) is 0 Å². The van der Waals surface area contributed by atoms with Crippen LogP contribution in [0.3, 0.4) is 0 Å². The maximum atomic E-state index is 12.6. The van der Waals surface area contributed by atoms with Gasteiger partial charge in [-0.1, -0.05) is 66.7 Å². The number of hydrogen-bond donors (Lipinski definition) is 0. The van der Waals surface area contributed by atoms with Gasteiger partial charge in [-0.15, -0.1) is 0 Å². The first-order valence-electron chi connectivity index (χ1n) is 7.70. The van der Waals surface area contributed by atoms with Gasteiger partial charge in [-0.2, -0.15) is 0 Å². The summed E-state index contributed by atoms with van der Waals surface area (Å²) in [5.41, 5.74) is 2.03. The van der Waals surface area contributed by atoms with Gasteiger partial charge in [0.25, 0.3) is 5.91 Å². The predicted octanol–water partition coefficient (Wildman–Crippen LogP) is 3.94. The number of nitrogens with zero attached hydrogens (tertiary/aromatic N) is 1. The van der Waals surface area contributed by atoms with Crippen LogP contribution < -0.4 is 4.90 Å². The summed E-state index contributed by atoms with van der Waals surface area (Å²) in [6, 6.07) is 24.2. The lowest BCUT2D eigenvalue weighted by atomic mass is 9.89. The molecule has 0 spiro atoms. The lowest BCUT2D eigenvalue weighted by Crippen LogP contribution is -2.60. The van der Waals surface area contributed by atoms with Gasteiger partial charge in [-0.05, 0) is 17.0 Å². The summed E-state index contributed by atoms with van der Waals surface area (Å²) < 4.78 is 5.44. The molecule has 1 aliphatic heterocycles. The van der Waals surface area contributed by atoms with Crippen molar-refractivity contribution in [1.82, 2.24) is 0 Å². The first-order chi connectivity index (χ1) is 11.3. The van der Waals surface area contributed by atoms with Crippen LogP contribution in [0.5, 0.6) is 0 Å². The number of ether oxygens (including phenoxy) is 1. The van der Waals surface area contributed by atoms with Crippen LogP contribution in [0.1, 0.15) is 11.6 Å². The Bertz CT molecular complexity index is 854. The summed E-state index contributed by atoms with van der Waals surface area (Å²) in [4.78, 5) is 14.5. The Morgan fingerprint density at radius 2 is 1.57 bits per heavy atom. The number of amides is 1. The van der Waals surface area contributed by atoms with Crippen molar-refractivity contribution in [2.75, 3.05) is 12.0 Å². The van der Waals surface area contributed by atoms with Crippen molar-refractivity contribution < 1.29 is 9.53 Å². The van der Waals surface area contributed by atoms with Crippen LogP contribution in [-0.4, -0.2) is 19.1 Å². The maximum Gasteiger partial charge on any atom is 0.259 e. The largest absolute Gasteiger partial charge is 0.369 e. The third-order valence-corrected chi connectivity index (χ3v) is 4.47. The average Bonchev–Trinajstić information content (AvgIpc) is 2.61. The highest BCUT2D eigenvalue weighted by Crippen LogP contribution is 2.43. The fourth-order valence-electron chi connectivity index (χ4n) is 3.35. The summed E-state index contributed by atoms with van der Waals surface area (Å²) >= 11 is 0. The molecule has 1 amide bonds. The summed E-state index contributed by atoms with van der Waals surface area (Å²) in [6.45, 7) is 0. The van der Waals surface area contributed by atoms with E-state index in [9.17, 15) is 4.79 Å². The first kappa shape index (κ1) is 14.0. The third-order valence-electron chi connectivity index (χ3n) is 4.47. The average molecular weight is 303 g/mol. The van der Waals surface area contributed by atoms with Gasteiger partial charge in [0.15, 0.2) is 6.10 Å². The number of rotatable bonds is 3. The van der Waals surface area contributed by atoms with Gasteiger partial charge in [0.1, 0.15) is 0 Å². The van der Waals surface area contributed by atoms with E-state index in [2.05, 4.69) is 18.2 Å². The number of β-lactam (4-membered cyclic amide) rings is 1. The zero-order valence-corrected chi connectivity index (χ0v) is 12.8. The molecule has 2 unspecified atom stereocenters. The first-order valence-corrected chi connectivity index (χ1v) is 7.70. The van der Waals surface area contributed by atoms with Crippen molar-refractivity contribution in [3.63, 3.8) is 0 Å². The second-order valence-electron chi connectivity index (χ2n) is 5.72. The molecule has 1 heterocycles. The molecule has 1 saturated heterocycles. The van der Waals surface area contributed by atoms with Crippen LogP contribution >= 0.6 is 0 Å². The highest BCUT2D eigenvalue weighted by Gasteiger charge is 2.49. The van der Waals surface area contributed by atoms with E-state index in [-0.39, 0.29) is 11.9 Å². The third kappa shape index (κ3) is 2.13. The van der Waals surface area contributed by atoms with Crippen molar-refractivity contribution in [3.8, 4) is 0 Å². The fourth-order valence-corrected chi connectivity index (χ4v) is 3.35. The molecule has 0 aliphatic carbocycles. The number of methoxy groups -OCH3 is 1. The van der Waals surface area contributed by atoms with Crippen molar-refractivity contribution in [2.45, 2.75) is 12.1 Å². The van der Waals surface area contributed by atoms with E-state index in [0.717, 1.165) is 22.0 Å². The second-order valence-corrected chi connectivity index (χ2v) is 5.72. The van der Waals surface area contributed by atoms with Gasteiger partial charge in [0, 0.05) is 12.5 Å². The molecule has 2 atom stereocenters. The highest BCUT2D eigenvalue weighted by atomic mass is 16.5. The van der Waals surface area contributed by atoms with E-state index in [1.165, 1.54) is 0 Å². The highest BCUT2D eigenvalue weighted by molar-refractivity contribution is 6.10. The minimum Gasteiger partial charge on any atom is -0.369 e. The van der Waals surface area contributed by atoms with Gasteiger partial charge < -0.3 is 4.74 Å². The van der Waals surface area contributed by atoms with Crippen LogP contribution in [0.25, 0.3) is 10.8 Å². The zero-order chi connectivity index (χ0) is 15.8. The quantitative estimate of drug-likeness (QED) is 0.686. The second kappa shape index (κ2) is 5.52. The van der Waals surface area contributed by atoms with Crippen LogP contribution in [0.4, 0.5) is 5.69 Å². The molecule has 4 rings (SSSR count). The number of carbonyl (C=O) groups excluding carboxylic acids is 1. The number of hydrogen-bond acceptors (Lipinski definition) is 2. The summed E-state index contributed by atoms with van der Waals surface area (Å²) in [6.07, 6.45) is -0.420. The molecule has 0 N–H and O–H groups in total. The topological polar surface area (TPSA) is 29.5 Å². The van der Waals surface area contributed by atoms with E-state index in [4.69, 9.17) is 4.74 Å². The Balaban J connectivity index is 1.84. The molecule has 3 heteroatoms. The predicted molar refractivity (Wildman–Crippen MR) is 91.4 cm³/mol. The zero-order valence-electron chi connectivity index (χ0n) is 12.8. The van der Waals surface area contributed by atoms with Crippen LogP contribution in [0.15, 0.2) is 72.8 Å². The van der Waals surface area contributed by atoms with Gasteiger partial charge in [0.2, 0.25) is 0 Å². The van der Waals surface area contributed by atoms with Gasteiger partial charge in [-0.25, -0.2) is 0 Å². The van der Waals surface area contributed by atoms with E-state index < -0.39 is 6.10 Å². The molecule has 114 valence electrons. The molecule has 3 nitrogen and oxygen atoms in total. The molecule has 1 aliphatic rings. The number of anilines is 1. The van der Waals surface area contributed by atoms with Crippen LogP contribution in [-0.2, 0) is 9.53 Å². The van der Waals surface area contributed by atoms with E-state index in [1.54, 1.807) is 7.11 Å². The monoisotopic (exact) mass is 303 g/mol. The minimum absolute atomic E-state index is 0.0118. The lowest BCUT2D eigenvalue weighted by molar-refractivity contribution is -0.139. The standard InChI is InChI=1S/C20H17NO2/c1-23-19-18(15-9-3-2-4-10-15)21(20(19)22)17-13-7-11-14-8-5-6-12-16(14)17/h2-13,18-19H,1H3. The molecule has 0 saturated carbocycles. The molecule has 23 heavy (non-hydrogen) atoms. The van der Waals surface area contributed by atoms with Crippen molar-refractivity contribution in [3.05, 3.63) is 78.4 Å². The van der Waals surface area contributed by atoms with Crippen molar-refractivity contribution in [1.29, 1.82) is 0 Å². The molecule has 1 fully saturated rings. The molecule has 3 aromatic rings. The molecule has 0 aromatic heterocycles. The minimum atomic E-state index is -0.420. The van der Waals surface area contributed by atoms with Crippen molar-refractivity contribution in [2.24, 2.45) is 0 Å². The lowest BCUT2D eigenvalue weighted by Gasteiger charge is -2.46. The molecular weight excluding hydrogens is 286 g/mol. The summed E-state index contributed by atoms with van der Waals surface area (Å²) in [5.74, 6) is 0.0118. The molecular formula is C20H17NO2. The SMILES string of the molecule is COC1C(=O)N(c2cccc3ccccc23)C1c1ccccc1. The van der Waals surface area contributed by atoms with E-state index >= 15 is 0 Å². The van der Waals surface area contributed by atoms with E-state index in [1.807, 2.05) is 59.5 Å². The fraction of sp³-hybridized carbons (Fsp3) is 0.150. The number of carbonyl (C=O) groups is 1. The normalized spacial score (nSPS) is 20.6. The smallest absolute Gasteiger partial charge is 0.259 e. The summed E-state index contributed by atoms with van der Waals surface area (Å²) in [5, 5.41) is 2.21. The van der Waals surface area contributed by atoms with E-state index in [0.29, 0.717) is 0 Å². The number of benzene rings is 3. The Morgan fingerprint density at radius 1 is 0.870 bits per heavy atom. The van der Waals surface area contributed by atoms with Gasteiger partial charge in [0.05, 0.1) is 11.7 Å². The van der Waals surface area contributed by atoms with Gasteiger partial charge in [-0.3, -0.25) is 9.69 Å². The van der Waals surface area contributed by atoms with Crippen LogP contribution in [0.2, 0.25) is 0 Å². The molecule has 3 aromatic carbocycles. The Hall–Kier alpha value is -2.65.